The molecule has 2 aromatic rings. The van der Waals surface area contributed by atoms with Crippen molar-refractivity contribution in [3.8, 4) is 0 Å². The molecule has 6 heteroatoms. The first kappa shape index (κ1) is 11.4. The fraction of sp³-hybridized carbons (Fsp3) is 0.417. The first-order valence-corrected chi connectivity index (χ1v) is 6.81. The zero-order chi connectivity index (χ0) is 12.5. The second-order valence-corrected chi connectivity index (χ2v) is 5.38. The Labute approximate surface area is 108 Å². The minimum absolute atomic E-state index is 0.0273. The van der Waals surface area contributed by atoms with Crippen molar-refractivity contribution in [3.63, 3.8) is 0 Å². The molecule has 0 aliphatic heterocycles. The molecule has 0 aromatic carbocycles. The van der Waals surface area contributed by atoms with Gasteiger partial charge in [-0.05, 0) is 24.3 Å². The quantitative estimate of drug-likeness (QED) is 0.889. The van der Waals surface area contributed by atoms with Crippen molar-refractivity contribution in [2.45, 2.75) is 25.3 Å². The minimum Gasteiger partial charge on any atom is -0.481 e. The van der Waals surface area contributed by atoms with E-state index < -0.39 is 5.97 Å². The zero-order valence-corrected chi connectivity index (χ0v) is 10.5. The third kappa shape index (κ3) is 1.92. The van der Waals surface area contributed by atoms with Crippen LogP contribution in [0.2, 0.25) is 0 Å². The lowest BCUT2D eigenvalue weighted by molar-refractivity contribution is -0.141. The lowest BCUT2D eigenvalue weighted by Crippen LogP contribution is -2.30. The summed E-state index contributed by atoms with van der Waals surface area (Å²) in [6.45, 7) is 0. The molecule has 5 nitrogen and oxygen atoms in total. The summed E-state index contributed by atoms with van der Waals surface area (Å²) in [7, 11) is 0. The van der Waals surface area contributed by atoms with E-state index in [2.05, 4.69) is 15.3 Å². The summed E-state index contributed by atoms with van der Waals surface area (Å²) >= 11 is 1.56. The van der Waals surface area contributed by atoms with Crippen molar-refractivity contribution in [2.24, 2.45) is 5.92 Å². The van der Waals surface area contributed by atoms with Crippen molar-refractivity contribution in [1.29, 1.82) is 0 Å². The maximum absolute atomic E-state index is 11.1. The van der Waals surface area contributed by atoms with Crippen LogP contribution in [-0.4, -0.2) is 27.1 Å². The van der Waals surface area contributed by atoms with Gasteiger partial charge in [0, 0.05) is 6.04 Å². The topological polar surface area (TPSA) is 75.1 Å². The SMILES string of the molecule is O=C(O)C1CCCC1Nc1ncnc2sccc12. The number of aromatic nitrogens is 2. The Kier molecular flexibility index (Phi) is 2.87. The number of nitrogens with zero attached hydrogens (tertiary/aromatic N) is 2. The molecule has 1 fully saturated rings. The highest BCUT2D eigenvalue weighted by atomic mass is 32.1. The highest BCUT2D eigenvalue weighted by Crippen LogP contribution is 2.31. The van der Waals surface area contributed by atoms with Crippen LogP contribution in [0, 0.1) is 5.92 Å². The predicted octanol–water partition coefficient (Wildman–Crippen LogP) is 2.36. The van der Waals surface area contributed by atoms with Gasteiger partial charge in [0.1, 0.15) is 17.0 Å². The van der Waals surface area contributed by atoms with Gasteiger partial charge in [-0.2, -0.15) is 0 Å². The molecule has 2 heterocycles. The number of carboxylic acids is 1. The molecule has 0 saturated heterocycles. The average molecular weight is 263 g/mol. The second kappa shape index (κ2) is 4.53. The largest absolute Gasteiger partial charge is 0.481 e. The Morgan fingerprint density at radius 3 is 3.17 bits per heavy atom. The lowest BCUT2D eigenvalue weighted by Gasteiger charge is -2.18. The molecule has 2 N–H and O–H groups in total. The number of nitrogens with one attached hydrogen (secondary N) is 1. The molecular formula is C12H13N3O2S. The molecule has 1 aliphatic carbocycles. The van der Waals surface area contributed by atoms with Crippen LogP contribution in [0.1, 0.15) is 19.3 Å². The number of carboxylic acid groups (broad SMARTS) is 1. The number of aliphatic carboxylic acids is 1. The third-order valence-corrected chi connectivity index (χ3v) is 4.24. The number of thiophene rings is 1. The van der Waals surface area contributed by atoms with E-state index in [1.54, 1.807) is 11.3 Å². The van der Waals surface area contributed by atoms with Crippen LogP contribution in [0.3, 0.4) is 0 Å². The molecular weight excluding hydrogens is 250 g/mol. The van der Waals surface area contributed by atoms with Gasteiger partial charge in [-0.25, -0.2) is 9.97 Å². The van der Waals surface area contributed by atoms with Gasteiger partial charge in [0.2, 0.25) is 0 Å². The number of hydrogen-bond acceptors (Lipinski definition) is 5. The molecule has 3 rings (SSSR count). The van der Waals surface area contributed by atoms with Crippen LogP contribution in [-0.2, 0) is 4.79 Å². The van der Waals surface area contributed by atoms with Crippen molar-refractivity contribution in [2.75, 3.05) is 5.32 Å². The molecule has 0 spiro atoms. The maximum atomic E-state index is 11.1. The molecule has 1 saturated carbocycles. The molecule has 0 radical (unpaired) electrons. The van der Waals surface area contributed by atoms with Crippen molar-refractivity contribution >= 4 is 33.3 Å². The first-order chi connectivity index (χ1) is 8.75. The average Bonchev–Trinajstić information content (AvgIpc) is 2.96. The minimum atomic E-state index is -0.722. The van der Waals surface area contributed by atoms with Crippen LogP contribution >= 0.6 is 11.3 Å². The van der Waals surface area contributed by atoms with Gasteiger partial charge in [0.15, 0.2) is 0 Å². The van der Waals surface area contributed by atoms with Gasteiger partial charge < -0.3 is 10.4 Å². The summed E-state index contributed by atoms with van der Waals surface area (Å²) < 4.78 is 0. The monoisotopic (exact) mass is 263 g/mol. The van der Waals surface area contributed by atoms with E-state index in [4.69, 9.17) is 5.11 Å². The summed E-state index contributed by atoms with van der Waals surface area (Å²) in [6, 6.07) is 1.94. The Bertz CT molecular complexity index is 583. The van der Waals surface area contributed by atoms with Gasteiger partial charge in [-0.3, -0.25) is 4.79 Å². The van der Waals surface area contributed by atoms with E-state index in [1.165, 1.54) is 6.33 Å². The van der Waals surface area contributed by atoms with Gasteiger partial charge in [0.05, 0.1) is 11.3 Å². The summed E-state index contributed by atoms with van der Waals surface area (Å²) in [5, 5.41) is 15.4. The number of carbonyl (C=O) groups is 1. The number of fused-ring (bicyclic) bond motifs is 1. The number of rotatable bonds is 3. The molecule has 2 unspecified atom stereocenters. The Morgan fingerprint density at radius 2 is 2.33 bits per heavy atom. The van der Waals surface area contributed by atoms with E-state index in [9.17, 15) is 4.79 Å². The Morgan fingerprint density at radius 1 is 1.44 bits per heavy atom. The van der Waals surface area contributed by atoms with Crippen LogP contribution in [0.5, 0.6) is 0 Å². The highest BCUT2D eigenvalue weighted by Gasteiger charge is 2.33. The first-order valence-electron chi connectivity index (χ1n) is 5.93. The molecule has 2 aromatic heterocycles. The Balaban J connectivity index is 1.88. The molecule has 18 heavy (non-hydrogen) atoms. The van der Waals surface area contributed by atoms with E-state index >= 15 is 0 Å². The van der Waals surface area contributed by atoms with E-state index in [0.29, 0.717) is 0 Å². The van der Waals surface area contributed by atoms with Crippen molar-refractivity contribution in [3.05, 3.63) is 17.8 Å². The fourth-order valence-electron chi connectivity index (χ4n) is 2.51. The predicted molar refractivity (Wildman–Crippen MR) is 69.8 cm³/mol. The molecule has 94 valence electrons. The van der Waals surface area contributed by atoms with Crippen LogP contribution in [0.15, 0.2) is 17.8 Å². The van der Waals surface area contributed by atoms with E-state index in [1.807, 2.05) is 11.4 Å². The summed E-state index contributed by atoms with van der Waals surface area (Å²) in [4.78, 5) is 20.5. The fourth-order valence-corrected chi connectivity index (χ4v) is 3.24. The van der Waals surface area contributed by atoms with Gasteiger partial charge >= 0.3 is 5.97 Å². The smallest absolute Gasteiger partial charge is 0.308 e. The normalized spacial score (nSPS) is 23.3. The molecule has 0 bridgehead atoms. The highest BCUT2D eigenvalue weighted by molar-refractivity contribution is 7.16. The molecule has 1 aliphatic rings. The summed E-state index contributed by atoms with van der Waals surface area (Å²) in [6.07, 6.45) is 4.09. The summed E-state index contributed by atoms with van der Waals surface area (Å²) in [5.74, 6) is -0.284. The van der Waals surface area contributed by atoms with E-state index in [-0.39, 0.29) is 12.0 Å². The van der Waals surface area contributed by atoms with Crippen molar-refractivity contribution in [1.82, 2.24) is 9.97 Å². The molecule has 0 amide bonds. The molecule has 2 atom stereocenters. The van der Waals surface area contributed by atoms with Crippen LogP contribution in [0.4, 0.5) is 5.82 Å². The van der Waals surface area contributed by atoms with Gasteiger partial charge in [-0.1, -0.05) is 6.42 Å². The Hall–Kier alpha value is -1.69. The number of anilines is 1. The zero-order valence-electron chi connectivity index (χ0n) is 9.67. The summed E-state index contributed by atoms with van der Waals surface area (Å²) in [5.41, 5.74) is 0. The van der Waals surface area contributed by atoms with Crippen LogP contribution < -0.4 is 5.32 Å². The lowest BCUT2D eigenvalue weighted by atomic mass is 10.0. The van der Waals surface area contributed by atoms with Crippen molar-refractivity contribution < 1.29 is 9.90 Å². The third-order valence-electron chi connectivity index (χ3n) is 3.42. The standard InChI is InChI=1S/C12H13N3O2S/c16-12(17)7-2-1-3-9(7)15-10-8-4-5-18-11(8)14-6-13-10/h4-7,9H,1-3H2,(H,16,17)(H,13,14,15). The van der Waals surface area contributed by atoms with Gasteiger partial charge in [-0.15, -0.1) is 11.3 Å². The van der Waals surface area contributed by atoms with Gasteiger partial charge in [0.25, 0.3) is 0 Å². The number of hydrogen-bond donors (Lipinski definition) is 2. The maximum Gasteiger partial charge on any atom is 0.308 e. The van der Waals surface area contributed by atoms with Crippen LogP contribution in [0.25, 0.3) is 10.2 Å². The second-order valence-electron chi connectivity index (χ2n) is 4.49. The van der Waals surface area contributed by atoms with E-state index in [0.717, 1.165) is 35.3 Å².